The number of aryl methyl sites for hydroxylation is 4. The third-order valence-corrected chi connectivity index (χ3v) is 11.6. The van der Waals surface area contributed by atoms with Crippen molar-refractivity contribution in [3.05, 3.63) is 95.1 Å². The quantitative estimate of drug-likeness (QED) is 0.121. The topological polar surface area (TPSA) is 0 Å². The van der Waals surface area contributed by atoms with Crippen LogP contribution in [0.2, 0.25) is 0 Å². The molecule has 0 aliphatic carbocycles. The van der Waals surface area contributed by atoms with E-state index in [1.165, 1.54) is 94.5 Å². The van der Waals surface area contributed by atoms with Crippen molar-refractivity contribution in [1.82, 2.24) is 0 Å². The smallest absolute Gasteiger partial charge is 0.0396 e. The second-order valence-corrected chi connectivity index (χ2v) is 14.3. The van der Waals surface area contributed by atoms with Crippen LogP contribution in [-0.4, -0.2) is 0 Å². The summed E-state index contributed by atoms with van der Waals surface area (Å²) >= 11 is 2.15. The maximum Gasteiger partial charge on any atom is 0.0396 e. The van der Waals surface area contributed by atoms with Gasteiger partial charge in [-0.25, -0.2) is 0 Å². The minimum Gasteiger partial charge on any atom is -0.135 e. The average Bonchev–Trinajstić information content (AvgIpc) is 3.46. The second-order valence-electron chi connectivity index (χ2n) is 13.3. The molecule has 0 aliphatic heterocycles. The molecule has 1 heteroatoms. The number of unbranched alkanes of at least 4 members (excludes halogenated alkanes) is 4. The monoisotopic (exact) mass is 608 g/mol. The molecule has 0 unspecified atom stereocenters. The molecule has 6 aromatic carbocycles. The number of rotatable bonds is 12. The predicted molar refractivity (Wildman–Crippen MR) is 204 cm³/mol. The fourth-order valence-corrected chi connectivity index (χ4v) is 9.38. The number of hydrogen-bond acceptors (Lipinski definition) is 1. The maximum atomic E-state index is 2.55. The lowest BCUT2D eigenvalue weighted by Gasteiger charge is -2.18. The van der Waals surface area contributed by atoms with Crippen molar-refractivity contribution < 1.29 is 0 Å². The molecule has 0 atom stereocenters. The zero-order valence-corrected chi connectivity index (χ0v) is 28.6. The molecule has 0 amide bonds. The summed E-state index contributed by atoms with van der Waals surface area (Å²) < 4.78 is 3.17. The Bertz CT molecular complexity index is 2000. The van der Waals surface area contributed by atoms with E-state index in [-0.39, 0.29) is 0 Å². The Morgan fingerprint density at radius 2 is 0.689 bits per heavy atom. The molecule has 1 aromatic heterocycles. The van der Waals surface area contributed by atoms with E-state index in [9.17, 15) is 0 Å². The van der Waals surface area contributed by atoms with Crippen LogP contribution in [-0.2, 0) is 25.7 Å². The lowest BCUT2D eigenvalue weighted by molar-refractivity contribution is 0.796. The molecule has 7 rings (SSSR count). The van der Waals surface area contributed by atoms with Crippen LogP contribution >= 0.6 is 11.3 Å². The molecular weight excluding hydrogens is 561 g/mol. The highest BCUT2D eigenvalue weighted by molar-refractivity contribution is 7.26. The fraction of sp³-hybridized carbons (Fsp3) is 0.364. The van der Waals surface area contributed by atoms with E-state index >= 15 is 0 Å². The Balaban J connectivity index is 1.73. The van der Waals surface area contributed by atoms with Crippen LogP contribution < -0.4 is 0 Å². The molecule has 7 aromatic rings. The molecule has 0 fully saturated rings. The van der Waals surface area contributed by atoms with Crippen LogP contribution in [0.5, 0.6) is 0 Å². The summed E-state index contributed by atoms with van der Waals surface area (Å²) in [5, 5.41) is 14.7. The normalized spacial score (nSPS) is 12.2. The molecule has 0 bridgehead atoms. The first-order valence-electron chi connectivity index (χ1n) is 17.9. The number of thiophene rings is 1. The van der Waals surface area contributed by atoms with Crippen LogP contribution in [0.25, 0.3) is 63.3 Å². The van der Waals surface area contributed by atoms with Gasteiger partial charge in [-0.05, 0) is 141 Å². The van der Waals surface area contributed by atoms with Gasteiger partial charge in [-0.1, -0.05) is 102 Å². The van der Waals surface area contributed by atoms with Crippen LogP contribution in [0, 0.1) is 0 Å². The van der Waals surface area contributed by atoms with Gasteiger partial charge in [0.2, 0.25) is 0 Å². The molecule has 230 valence electrons. The van der Waals surface area contributed by atoms with E-state index < -0.39 is 0 Å². The van der Waals surface area contributed by atoms with E-state index in [0.29, 0.717) is 0 Å². The summed E-state index contributed by atoms with van der Waals surface area (Å²) in [5.41, 5.74) is 6.43. The van der Waals surface area contributed by atoms with Crippen molar-refractivity contribution in [2.24, 2.45) is 0 Å². The minimum absolute atomic E-state index is 1.15. The third kappa shape index (κ3) is 5.32. The molecule has 0 saturated carbocycles. The van der Waals surface area contributed by atoms with Gasteiger partial charge in [-0.15, -0.1) is 11.3 Å². The van der Waals surface area contributed by atoms with Crippen molar-refractivity contribution in [3.63, 3.8) is 0 Å². The lowest BCUT2D eigenvalue weighted by Crippen LogP contribution is -1.98. The molecule has 0 N–H and O–H groups in total. The third-order valence-electron chi connectivity index (χ3n) is 10.3. The molecule has 1 heterocycles. The Kier molecular flexibility index (Phi) is 8.83. The molecule has 0 saturated heterocycles. The van der Waals surface area contributed by atoms with Crippen LogP contribution in [0.4, 0.5) is 0 Å². The molecule has 0 radical (unpaired) electrons. The maximum absolute atomic E-state index is 2.55. The average molecular weight is 609 g/mol. The van der Waals surface area contributed by atoms with Crippen LogP contribution in [0.1, 0.15) is 101 Å². The van der Waals surface area contributed by atoms with Gasteiger partial charge in [0, 0.05) is 20.2 Å². The Morgan fingerprint density at radius 1 is 0.400 bits per heavy atom. The Morgan fingerprint density at radius 3 is 1.00 bits per heavy atom. The number of fused-ring (bicyclic) bond motifs is 7. The Labute approximate surface area is 273 Å². The molecular formula is C44H48S. The summed E-state index contributed by atoms with van der Waals surface area (Å²) in [6.45, 7) is 9.39. The van der Waals surface area contributed by atoms with Crippen molar-refractivity contribution >= 4 is 74.6 Å². The minimum atomic E-state index is 1.15. The summed E-state index contributed by atoms with van der Waals surface area (Å²) in [7, 11) is 0. The van der Waals surface area contributed by atoms with Crippen molar-refractivity contribution in [2.75, 3.05) is 0 Å². The highest BCUT2D eigenvalue weighted by atomic mass is 32.1. The van der Waals surface area contributed by atoms with Crippen molar-refractivity contribution in [3.8, 4) is 0 Å². The van der Waals surface area contributed by atoms with Gasteiger partial charge in [-0.3, -0.25) is 0 Å². The highest BCUT2D eigenvalue weighted by Crippen LogP contribution is 2.50. The first-order valence-corrected chi connectivity index (χ1v) is 18.7. The second kappa shape index (κ2) is 13.1. The van der Waals surface area contributed by atoms with Gasteiger partial charge in [-0.2, -0.15) is 0 Å². The van der Waals surface area contributed by atoms with Crippen LogP contribution in [0.15, 0.2) is 72.8 Å². The Hall–Kier alpha value is -3.42. The van der Waals surface area contributed by atoms with Gasteiger partial charge >= 0.3 is 0 Å². The summed E-state index contributed by atoms with van der Waals surface area (Å²) in [5.74, 6) is 0. The molecule has 45 heavy (non-hydrogen) atoms. The summed E-state index contributed by atoms with van der Waals surface area (Å²) in [6, 6.07) is 28.2. The zero-order chi connectivity index (χ0) is 30.9. The van der Waals surface area contributed by atoms with E-state index in [2.05, 4.69) is 112 Å². The largest absolute Gasteiger partial charge is 0.135 e. The van der Waals surface area contributed by atoms with Crippen molar-refractivity contribution in [1.29, 1.82) is 0 Å². The summed E-state index contributed by atoms with van der Waals surface area (Å²) in [4.78, 5) is 0. The summed E-state index contributed by atoms with van der Waals surface area (Å²) in [6.07, 6.45) is 14.4. The van der Waals surface area contributed by atoms with Gasteiger partial charge < -0.3 is 0 Å². The van der Waals surface area contributed by atoms with E-state index in [1.54, 1.807) is 42.4 Å². The van der Waals surface area contributed by atoms with Gasteiger partial charge in [0.1, 0.15) is 0 Å². The molecule has 0 aliphatic rings. The van der Waals surface area contributed by atoms with E-state index in [0.717, 1.165) is 25.7 Å². The zero-order valence-electron chi connectivity index (χ0n) is 27.8. The lowest BCUT2D eigenvalue weighted by atomic mass is 9.84. The van der Waals surface area contributed by atoms with Gasteiger partial charge in [0.05, 0.1) is 0 Å². The number of benzene rings is 6. The first kappa shape index (κ1) is 30.2. The predicted octanol–water partition coefficient (Wildman–Crippen LogP) is 14.0. The molecule has 0 nitrogen and oxygen atoms in total. The van der Waals surface area contributed by atoms with E-state index in [4.69, 9.17) is 0 Å². The van der Waals surface area contributed by atoms with Crippen LogP contribution in [0.3, 0.4) is 0 Å². The SMILES string of the molecule is CCCCc1c2cc3ccccc3cc2c(CCCC)c2c1sc1c(CCCC)c3cc4ccccc4cc3c(CCCC)c12. The number of hydrogen-bond donors (Lipinski definition) is 0. The first-order chi connectivity index (χ1) is 22.2. The van der Waals surface area contributed by atoms with E-state index in [1.807, 2.05) is 0 Å². The highest BCUT2D eigenvalue weighted by Gasteiger charge is 2.24. The van der Waals surface area contributed by atoms with Crippen molar-refractivity contribution in [2.45, 2.75) is 105 Å². The molecule has 0 spiro atoms. The van der Waals surface area contributed by atoms with Gasteiger partial charge in [0.25, 0.3) is 0 Å². The fourth-order valence-electron chi connectivity index (χ4n) is 7.86. The standard InChI is InChI=1S/C44H48S/c1-5-9-21-33-37-25-29-17-13-15-19-31(29)27-39(37)35(23-11-7-3)43-41(33)42-34(22-10-6-2)38-26-30-18-14-16-20-32(30)28-40(38)36(24-12-8-4)44(42)45-43/h13-20,25-28H,5-12,21-24H2,1-4H3. The van der Waals surface area contributed by atoms with Gasteiger partial charge in [0.15, 0.2) is 0 Å².